The lowest BCUT2D eigenvalue weighted by Gasteiger charge is -2.16. The maximum absolute atomic E-state index is 11.9. The quantitative estimate of drug-likeness (QED) is 0.182. The van der Waals surface area contributed by atoms with Crippen molar-refractivity contribution >= 4 is 35.8 Å². The largest absolute Gasteiger partial charge is 0.493 e. The maximum Gasteiger partial charge on any atom is 0.241 e. The molecule has 0 unspecified atom stereocenters. The molecule has 1 amide bonds. The molecule has 30 heavy (non-hydrogen) atoms. The van der Waals surface area contributed by atoms with Gasteiger partial charge in [-0.05, 0) is 31.0 Å². The summed E-state index contributed by atoms with van der Waals surface area (Å²) in [5, 5.41) is 6.29. The number of nitrogens with one attached hydrogen (secondary N) is 2. The summed E-state index contributed by atoms with van der Waals surface area (Å²) in [4.78, 5) is 18.0. The van der Waals surface area contributed by atoms with Crippen LogP contribution in [0.4, 0.5) is 0 Å². The fraction of sp³-hybridized carbons (Fsp3) is 0.600. The van der Waals surface area contributed by atoms with Crippen LogP contribution in [-0.4, -0.2) is 78.5 Å². The van der Waals surface area contributed by atoms with E-state index in [0.717, 1.165) is 12.0 Å². The summed E-state index contributed by atoms with van der Waals surface area (Å²) in [6.45, 7) is 4.52. The lowest BCUT2D eigenvalue weighted by atomic mass is 10.2. The zero-order valence-electron chi connectivity index (χ0n) is 18.7. The first-order chi connectivity index (χ1) is 14.0. The number of benzene rings is 1. The van der Waals surface area contributed by atoms with Crippen LogP contribution < -0.4 is 24.8 Å². The molecule has 172 valence electrons. The summed E-state index contributed by atoms with van der Waals surface area (Å²) in [6, 6.07) is 3.70. The topological polar surface area (TPSA) is 93.6 Å². The van der Waals surface area contributed by atoms with Crippen LogP contribution in [0, 0.1) is 0 Å². The van der Waals surface area contributed by atoms with E-state index in [0.29, 0.717) is 49.5 Å². The molecule has 1 aromatic rings. The SMILES string of the molecule is CCOCCCNC(=NCc1cc(OC)c(OC)c(OC)c1)NCC(=O)N(C)C.I. The Hall–Kier alpha value is -1.95. The first kappa shape index (κ1) is 28.1. The Kier molecular flexibility index (Phi) is 14.8. The summed E-state index contributed by atoms with van der Waals surface area (Å²) < 4.78 is 21.5. The van der Waals surface area contributed by atoms with Crippen LogP contribution in [0.5, 0.6) is 17.2 Å². The highest BCUT2D eigenvalue weighted by Crippen LogP contribution is 2.38. The molecule has 0 aliphatic heterocycles. The first-order valence-corrected chi connectivity index (χ1v) is 9.55. The molecule has 2 N–H and O–H groups in total. The van der Waals surface area contributed by atoms with Gasteiger partial charge in [0, 0.05) is 33.9 Å². The standard InChI is InChI=1S/C20H34N4O5.HI/c1-7-29-10-8-9-21-20(23-14-18(25)24(2)3)22-13-15-11-16(26-4)19(28-6)17(12-15)27-5;/h11-12H,7-10,13-14H2,1-6H3,(H2,21,22,23);1H. The lowest BCUT2D eigenvalue weighted by molar-refractivity contribution is -0.127. The van der Waals surface area contributed by atoms with Gasteiger partial charge in [-0.1, -0.05) is 0 Å². The van der Waals surface area contributed by atoms with Gasteiger partial charge in [0.2, 0.25) is 11.7 Å². The van der Waals surface area contributed by atoms with E-state index in [2.05, 4.69) is 15.6 Å². The second-order valence-electron chi connectivity index (χ2n) is 6.32. The summed E-state index contributed by atoms with van der Waals surface area (Å²) in [5.41, 5.74) is 0.883. The van der Waals surface area contributed by atoms with Gasteiger partial charge in [-0.2, -0.15) is 0 Å². The van der Waals surface area contributed by atoms with Gasteiger partial charge in [0.1, 0.15) is 0 Å². The van der Waals surface area contributed by atoms with E-state index in [1.54, 1.807) is 35.4 Å². The van der Waals surface area contributed by atoms with Crippen molar-refractivity contribution in [3.8, 4) is 17.2 Å². The fourth-order valence-corrected chi connectivity index (χ4v) is 2.41. The Labute approximate surface area is 196 Å². The van der Waals surface area contributed by atoms with Crippen molar-refractivity contribution in [1.29, 1.82) is 0 Å². The third kappa shape index (κ3) is 9.70. The minimum absolute atomic E-state index is 0. The minimum Gasteiger partial charge on any atom is -0.493 e. The van der Waals surface area contributed by atoms with Gasteiger partial charge >= 0.3 is 0 Å². The molecular formula is C20H35IN4O5. The van der Waals surface area contributed by atoms with Gasteiger partial charge in [-0.25, -0.2) is 4.99 Å². The number of methoxy groups -OCH3 is 3. The Bertz CT molecular complexity index is 646. The average Bonchev–Trinajstić information content (AvgIpc) is 2.73. The van der Waals surface area contributed by atoms with Crippen molar-refractivity contribution in [3.63, 3.8) is 0 Å². The number of guanidine groups is 1. The number of carbonyl (C=O) groups is 1. The molecule has 0 bridgehead atoms. The van der Waals surface area contributed by atoms with E-state index in [4.69, 9.17) is 18.9 Å². The van der Waals surface area contributed by atoms with Crippen molar-refractivity contribution < 1.29 is 23.7 Å². The van der Waals surface area contributed by atoms with Gasteiger partial charge in [0.25, 0.3) is 0 Å². The molecule has 1 aromatic carbocycles. The van der Waals surface area contributed by atoms with E-state index in [-0.39, 0.29) is 36.4 Å². The Morgan fingerprint density at radius 2 is 1.70 bits per heavy atom. The molecule has 0 radical (unpaired) electrons. The molecule has 0 aliphatic rings. The van der Waals surface area contributed by atoms with Crippen LogP contribution >= 0.6 is 24.0 Å². The first-order valence-electron chi connectivity index (χ1n) is 9.55. The molecule has 9 nitrogen and oxygen atoms in total. The van der Waals surface area contributed by atoms with E-state index < -0.39 is 0 Å². The fourth-order valence-electron chi connectivity index (χ4n) is 2.41. The van der Waals surface area contributed by atoms with Gasteiger partial charge in [-0.3, -0.25) is 4.79 Å². The average molecular weight is 538 g/mol. The van der Waals surface area contributed by atoms with Crippen molar-refractivity contribution in [1.82, 2.24) is 15.5 Å². The third-order valence-corrected chi connectivity index (χ3v) is 4.01. The summed E-state index contributed by atoms with van der Waals surface area (Å²) >= 11 is 0. The highest BCUT2D eigenvalue weighted by Gasteiger charge is 2.13. The summed E-state index contributed by atoms with van der Waals surface area (Å²) in [6.07, 6.45) is 0.834. The Morgan fingerprint density at radius 1 is 1.07 bits per heavy atom. The molecule has 0 heterocycles. The monoisotopic (exact) mass is 538 g/mol. The van der Waals surface area contributed by atoms with Gasteiger partial charge in [0.15, 0.2) is 17.5 Å². The number of amides is 1. The van der Waals surface area contributed by atoms with Crippen molar-refractivity contribution in [2.24, 2.45) is 4.99 Å². The predicted molar refractivity (Wildman–Crippen MR) is 128 cm³/mol. The van der Waals surface area contributed by atoms with E-state index in [1.165, 1.54) is 4.90 Å². The molecule has 0 fully saturated rings. The number of nitrogens with zero attached hydrogens (tertiary/aromatic N) is 2. The van der Waals surface area contributed by atoms with Crippen molar-refractivity contribution in [2.75, 3.05) is 61.7 Å². The minimum atomic E-state index is -0.0402. The highest BCUT2D eigenvalue weighted by atomic mass is 127. The number of hydrogen-bond acceptors (Lipinski definition) is 6. The molecule has 1 rings (SSSR count). The van der Waals surface area contributed by atoms with E-state index in [9.17, 15) is 4.79 Å². The zero-order valence-corrected chi connectivity index (χ0v) is 21.1. The van der Waals surface area contributed by atoms with Gasteiger partial charge < -0.3 is 34.5 Å². The number of likely N-dealkylation sites (N-methyl/N-ethyl adjacent to an activating group) is 1. The van der Waals surface area contributed by atoms with Crippen LogP contribution in [0.15, 0.2) is 17.1 Å². The van der Waals surface area contributed by atoms with Crippen LogP contribution in [-0.2, 0) is 16.1 Å². The summed E-state index contributed by atoms with van der Waals surface area (Å²) in [5.74, 6) is 2.18. The molecule has 0 saturated carbocycles. The van der Waals surface area contributed by atoms with Gasteiger partial charge in [-0.15, -0.1) is 24.0 Å². The van der Waals surface area contributed by atoms with Crippen LogP contribution in [0.2, 0.25) is 0 Å². The molecule has 10 heteroatoms. The molecular weight excluding hydrogens is 503 g/mol. The number of aliphatic imine (C=N–C) groups is 1. The second kappa shape index (κ2) is 15.8. The maximum atomic E-state index is 11.9. The predicted octanol–water partition coefficient (Wildman–Crippen LogP) is 1.88. The zero-order chi connectivity index (χ0) is 21.6. The summed E-state index contributed by atoms with van der Waals surface area (Å²) in [7, 11) is 8.14. The van der Waals surface area contributed by atoms with Gasteiger partial charge in [0.05, 0.1) is 34.4 Å². The number of ether oxygens (including phenoxy) is 4. The number of hydrogen-bond donors (Lipinski definition) is 2. The van der Waals surface area contributed by atoms with Crippen LogP contribution in [0.25, 0.3) is 0 Å². The third-order valence-electron chi connectivity index (χ3n) is 4.01. The second-order valence-corrected chi connectivity index (χ2v) is 6.32. The normalized spacial score (nSPS) is 10.7. The molecule has 0 aromatic heterocycles. The molecule has 0 atom stereocenters. The van der Waals surface area contributed by atoms with E-state index >= 15 is 0 Å². The van der Waals surface area contributed by atoms with E-state index in [1.807, 2.05) is 19.1 Å². The van der Waals surface area contributed by atoms with Crippen molar-refractivity contribution in [2.45, 2.75) is 19.9 Å². The molecule has 0 saturated heterocycles. The van der Waals surface area contributed by atoms with Crippen molar-refractivity contribution in [3.05, 3.63) is 17.7 Å². The smallest absolute Gasteiger partial charge is 0.241 e. The Morgan fingerprint density at radius 3 is 2.20 bits per heavy atom. The highest BCUT2D eigenvalue weighted by molar-refractivity contribution is 14.0. The number of rotatable bonds is 12. The van der Waals surface area contributed by atoms with Crippen LogP contribution in [0.1, 0.15) is 18.9 Å². The number of halogens is 1. The lowest BCUT2D eigenvalue weighted by Crippen LogP contribution is -2.43. The van der Waals surface area contributed by atoms with Crippen LogP contribution in [0.3, 0.4) is 0 Å². The number of carbonyl (C=O) groups excluding carboxylic acids is 1. The molecule has 0 spiro atoms. The molecule has 0 aliphatic carbocycles. The Balaban J connectivity index is 0.00000841.